The fourth-order valence-corrected chi connectivity index (χ4v) is 7.07. The van der Waals surface area contributed by atoms with Crippen LogP contribution in [0.25, 0.3) is 11.0 Å². The Bertz CT molecular complexity index is 1620. The Balaban J connectivity index is 1.22. The van der Waals surface area contributed by atoms with Gasteiger partial charge in [-0.2, -0.15) is 5.10 Å². The number of aromatic nitrogens is 3. The number of nitrogens with one attached hydrogen (secondary N) is 1. The Hall–Kier alpha value is -3.98. The minimum Gasteiger partial charge on any atom is -0.451 e. The third kappa shape index (κ3) is 6.51. The predicted molar refractivity (Wildman–Crippen MR) is 164 cm³/mol. The quantitative estimate of drug-likeness (QED) is 0.295. The van der Waals surface area contributed by atoms with Crippen molar-refractivity contribution in [2.45, 2.75) is 64.0 Å². The molecule has 1 aliphatic carbocycles. The van der Waals surface area contributed by atoms with E-state index in [1.165, 1.54) is 38.2 Å². The van der Waals surface area contributed by atoms with Crippen LogP contribution in [0.3, 0.4) is 0 Å². The van der Waals surface area contributed by atoms with Crippen molar-refractivity contribution in [3.8, 4) is 0 Å². The van der Waals surface area contributed by atoms with E-state index < -0.39 is 11.9 Å². The molecule has 2 aliphatic rings. The van der Waals surface area contributed by atoms with Gasteiger partial charge >= 0.3 is 0 Å². The van der Waals surface area contributed by atoms with Gasteiger partial charge in [-0.25, -0.2) is 4.98 Å². The van der Waals surface area contributed by atoms with E-state index in [9.17, 15) is 14.4 Å². The van der Waals surface area contributed by atoms with E-state index in [-0.39, 0.29) is 28.9 Å². The summed E-state index contributed by atoms with van der Waals surface area (Å²) in [6.45, 7) is 2.00. The first-order valence-electron chi connectivity index (χ1n) is 15.1. The molecule has 1 saturated carbocycles. The van der Waals surface area contributed by atoms with Gasteiger partial charge in [0.25, 0.3) is 5.91 Å². The molecule has 3 heterocycles. The molecule has 1 aliphatic heterocycles. The Labute approximate surface area is 255 Å². The van der Waals surface area contributed by atoms with Gasteiger partial charge in [-0.1, -0.05) is 55.1 Å². The van der Waals surface area contributed by atoms with Crippen LogP contribution in [-0.4, -0.2) is 50.6 Å². The summed E-state index contributed by atoms with van der Waals surface area (Å²) < 4.78 is 7.71. The van der Waals surface area contributed by atoms with Gasteiger partial charge < -0.3 is 14.6 Å². The van der Waals surface area contributed by atoms with Crippen LogP contribution in [0.1, 0.15) is 61.1 Å². The number of benzene rings is 2. The maximum atomic E-state index is 14.1. The molecule has 43 heavy (non-hydrogen) atoms. The standard InChI is InChI=1S/C33H36ClN5O4/c34-25-12-10-23(11-13-25)18-27(37-31(41)30-19-28(40)26-8-4-5-9-29(26)43-30)32(42)38-16-14-33(15-17-38,20-39-22-35-21-36-39)24-6-2-1-3-7-24/h4-5,8-13,19,21-22,24,27H,1-3,6-7,14-18,20H2,(H,37,41)/t27-/m1/s1. The van der Waals surface area contributed by atoms with Crippen LogP contribution in [0, 0.1) is 11.3 Å². The number of rotatable bonds is 8. The first-order valence-corrected chi connectivity index (χ1v) is 15.5. The van der Waals surface area contributed by atoms with Crippen LogP contribution in [0.5, 0.6) is 0 Å². The minimum absolute atomic E-state index is 0.0499. The smallest absolute Gasteiger partial charge is 0.287 e. The number of carbonyl (C=O) groups is 2. The van der Waals surface area contributed by atoms with E-state index in [1.807, 2.05) is 21.7 Å². The summed E-state index contributed by atoms with van der Waals surface area (Å²) in [5.74, 6) is -0.289. The summed E-state index contributed by atoms with van der Waals surface area (Å²) in [6.07, 6.45) is 11.5. The molecule has 0 unspecified atom stereocenters. The van der Waals surface area contributed by atoms with E-state index in [0.29, 0.717) is 35.0 Å². The summed E-state index contributed by atoms with van der Waals surface area (Å²) in [4.78, 5) is 46.2. The molecule has 1 N–H and O–H groups in total. The number of para-hydroxylation sites is 1. The summed E-state index contributed by atoms with van der Waals surface area (Å²) in [5.41, 5.74) is 0.926. The van der Waals surface area contributed by atoms with Crippen LogP contribution >= 0.6 is 11.6 Å². The van der Waals surface area contributed by atoms with Gasteiger partial charge in [0, 0.05) is 37.1 Å². The van der Waals surface area contributed by atoms with Crippen molar-refractivity contribution in [3.63, 3.8) is 0 Å². The average Bonchev–Trinajstić information content (AvgIpc) is 3.55. The summed E-state index contributed by atoms with van der Waals surface area (Å²) in [5, 5.41) is 8.29. The van der Waals surface area contributed by atoms with Crippen LogP contribution in [0.15, 0.2) is 76.5 Å². The first-order chi connectivity index (χ1) is 20.9. The molecule has 0 spiro atoms. The molecule has 1 atom stereocenters. The fourth-order valence-electron chi connectivity index (χ4n) is 6.94. The number of carbonyl (C=O) groups excluding carboxylic acids is 2. The second-order valence-corrected chi connectivity index (χ2v) is 12.4. The highest BCUT2D eigenvalue weighted by Crippen LogP contribution is 2.47. The van der Waals surface area contributed by atoms with Gasteiger partial charge in [0.05, 0.1) is 5.39 Å². The lowest BCUT2D eigenvalue weighted by atomic mass is 9.63. The van der Waals surface area contributed by atoms with Gasteiger partial charge in [-0.3, -0.25) is 19.1 Å². The maximum Gasteiger partial charge on any atom is 0.287 e. The summed E-state index contributed by atoms with van der Waals surface area (Å²) in [7, 11) is 0. The number of halogens is 1. The van der Waals surface area contributed by atoms with Crippen LogP contribution in [-0.2, 0) is 17.8 Å². The highest BCUT2D eigenvalue weighted by molar-refractivity contribution is 6.30. The number of amides is 2. The molecular weight excluding hydrogens is 566 g/mol. The molecule has 0 bridgehead atoms. The molecule has 224 valence electrons. The van der Waals surface area contributed by atoms with E-state index in [1.54, 1.807) is 49.1 Å². The number of piperidine rings is 1. The highest BCUT2D eigenvalue weighted by atomic mass is 35.5. The molecule has 10 heteroatoms. The lowest BCUT2D eigenvalue weighted by Gasteiger charge is -2.48. The number of likely N-dealkylation sites (tertiary alicyclic amines) is 1. The van der Waals surface area contributed by atoms with Crippen molar-refractivity contribution in [3.05, 3.63) is 93.8 Å². The van der Waals surface area contributed by atoms with Crippen LogP contribution in [0.2, 0.25) is 5.02 Å². The number of hydrogen-bond acceptors (Lipinski definition) is 6. The van der Waals surface area contributed by atoms with Gasteiger partial charge in [-0.15, -0.1) is 0 Å². The molecule has 4 aromatic rings. The lowest BCUT2D eigenvalue weighted by molar-refractivity contribution is -0.136. The van der Waals surface area contributed by atoms with Gasteiger partial charge in [0.15, 0.2) is 11.2 Å². The largest absolute Gasteiger partial charge is 0.451 e. The number of fused-ring (bicyclic) bond motifs is 1. The molecule has 2 aromatic carbocycles. The second kappa shape index (κ2) is 12.7. The van der Waals surface area contributed by atoms with E-state index >= 15 is 0 Å². The topological polar surface area (TPSA) is 110 Å². The van der Waals surface area contributed by atoms with E-state index in [0.717, 1.165) is 24.9 Å². The molecule has 2 fully saturated rings. The van der Waals surface area contributed by atoms with Gasteiger partial charge in [0.1, 0.15) is 24.3 Å². The zero-order valence-corrected chi connectivity index (χ0v) is 24.8. The molecule has 9 nitrogen and oxygen atoms in total. The summed E-state index contributed by atoms with van der Waals surface area (Å²) in [6, 6.07) is 14.4. The average molecular weight is 602 g/mol. The number of hydrogen-bond donors (Lipinski definition) is 1. The first kappa shape index (κ1) is 29.1. The maximum absolute atomic E-state index is 14.1. The van der Waals surface area contributed by atoms with E-state index in [4.69, 9.17) is 16.0 Å². The molecule has 6 rings (SSSR count). The van der Waals surface area contributed by atoms with Crippen molar-refractivity contribution in [1.29, 1.82) is 0 Å². The van der Waals surface area contributed by atoms with E-state index in [2.05, 4.69) is 15.4 Å². The highest BCUT2D eigenvalue weighted by Gasteiger charge is 2.44. The monoisotopic (exact) mass is 601 g/mol. The van der Waals surface area contributed by atoms with Gasteiger partial charge in [0.2, 0.25) is 5.91 Å². The van der Waals surface area contributed by atoms with Gasteiger partial charge in [-0.05, 0) is 66.8 Å². The molecule has 2 amide bonds. The third-order valence-corrected chi connectivity index (χ3v) is 9.55. The minimum atomic E-state index is -0.844. The normalized spacial score (nSPS) is 17.9. The van der Waals surface area contributed by atoms with Crippen molar-refractivity contribution >= 4 is 34.4 Å². The van der Waals surface area contributed by atoms with Crippen molar-refractivity contribution in [1.82, 2.24) is 25.0 Å². The Kier molecular flexibility index (Phi) is 8.61. The lowest BCUT2D eigenvalue weighted by Crippen LogP contribution is -2.54. The number of nitrogens with zero attached hydrogens (tertiary/aromatic N) is 4. The van der Waals surface area contributed by atoms with Crippen molar-refractivity contribution in [2.75, 3.05) is 13.1 Å². The molecular formula is C33H36ClN5O4. The SMILES string of the molecule is O=C(N[C@H](Cc1ccc(Cl)cc1)C(=O)N1CCC(Cn2cncn2)(C2CCCCC2)CC1)c1cc(=O)c2ccccc2o1. The fraction of sp³-hybridized carbons (Fsp3) is 0.424. The zero-order valence-electron chi connectivity index (χ0n) is 24.1. The molecule has 2 aromatic heterocycles. The molecule has 0 radical (unpaired) electrons. The predicted octanol–water partition coefficient (Wildman–Crippen LogP) is 5.27. The van der Waals surface area contributed by atoms with Crippen molar-refractivity contribution < 1.29 is 14.0 Å². The second-order valence-electron chi connectivity index (χ2n) is 11.9. The van der Waals surface area contributed by atoms with Crippen LogP contribution in [0.4, 0.5) is 0 Å². The Morgan fingerprint density at radius 3 is 2.51 bits per heavy atom. The Morgan fingerprint density at radius 1 is 1.05 bits per heavy atom. The zero-order chi connectivity index (χ0) is 29.8. The van der Waals surface area contributed by atoms with Crippen LogP contribution < -0.4 is 10.7 Å². The Morgan fingerprint density at radius 2 is 1.79 bits per heavy atom. The summed E-state index contributed by atoms with van der Waals surface area (Å²) >= 11 is 6.10. The molecule has 1 saturated heterocycles. The third-order valence-electron chi connectivity index (χ3n) is 9.30. The van der Waals surface area contributed by atoms with Crippen molar-refractivity contribution in [2.24, 2.45) is 11.3 Å².